The predicted octanol–water partition coefficient (Wildman–Crippen LogP) is 1.26. The molecule has 1 aliphatic carbocycles. The third kappa shape index (κ3) is 5.58. The first-order valence-corrected chi connectivity index (χ1v) is 9.15. The minimum atomic E-state index is -0.140. The van der Waals surface area contributed by atoms with E-state index < -0.39 is 0 Å². The monoisotopic (exact) mass is 331 g/mol. The quantitative estimate of drug-likeness (QED) is 0.671. The van der Waals surface area contributed by atoms with Gasteiger partial charge in [0.25, 0.3) is 0 Å². The van der Waals surface area contributed by atoms with Crippen molar-refractivity contribution in [2.75, 3.05) is 26.2 Å². The highest BCUT2D eigenvalue weighted by Gasteiger charge is 2.20. The molecule has 3 N–H and O–H groups in total. The van der Waals surface area contributed by atoms with Gasteiger partial charge >= 0.3 is 0 Å². The minimum Gasteiger partial charge on any atom is -0.393 e. The molecule has 132 valence electrons. The average Bonchev–Trinajstić information content (AvgIpc) is 3.40. The summed E-state index contributed by atoms with van der Waals surface area (Å²) < 4.78 is 0. The molecule has 1 aliphatic heterocycles. The molecule has 1 saturated heterocycles. The number of aliphatic hydroxyl groups excluding tert-OH is 1. The van der Waals surface area contributed by atoms with Crippen molar-refractivity contribution in [3.63, 3.8) is 0 Å². The van der Waals surface area contributed by atoms with Crippen molar-refractivity contribution < 1.29 is 9.90 Å². The molecule has 0 radical (unpaired) electrons. The first-order chi connectivity index (χ1) is 11.7. The lowest BCUT2D eigenvalue weighted by molar-refractivity contribution is -0.120. The number of likely N-dealkylation sites (tertiary alicyclic amines) is 1. The molecule has 3 rings (SSSR count). The lowest BCUT2D eigenvalue weighted by Gasteiger charge is -2.30. The fraction of sp³-hybridized carbons (Fsp3) is 0.632. The van der Waals surface area contributed by atoms with E-state index in [-0.39, 0.29) is 12.0 Å². The van der Waals surface area contributed by atoms with Gasteiger partial charge in [-0.2, -0.15) is 0 Å². The van der Waals surface area contributed by atoms with Crippen LogP contribution in [-0.4, -0.2) is 48.2 Å². The molecule has 1 heterocycles. The first kappa shape index (κ1) is 17.4. The van der Waals surface area contributed by atoms with Crippen LogP contribution in [0.25, 0.3) is 0 Å². The molecule has 0 bridgehead atoms. The second-order valence-corrected chi connectivity index (χ2v) is 7.13. The van der Waals surface area contributed by atoms with Crippen molar-refractivity contribution in [2.24, 2.45) is 5.92 Å². The number of nitrogens with zero attached hydrogens (tertiary/aromatic N) is 1. The summed E-state index contributed by atoms with van der Waals surface area (Å²) in [5.74, 6) is 0.855. The molecule has 5 nitrogen and oxygen atoms in total. The molecule has 1 amide bonds. The topological polar surface area (TPSA) is 64.6 Å². The standard InChI is InChI=1S/C19H29N3O2/c23-18-7-9-22(10-8-18)14-17-4-2-1-3-16(17)12-21-19(24)13-20-11-15-5-6-15/h1-4,15,18,20,23H,5-14H2,(H,21,24). The number of rotatable bonds is 8. The Hall–Kier alpha value is -1.43. The Morgan fingerprint density at radius 2 is 1.83 bits per heavy atom. The Balaban J connectivity index is 1.45. The van der Waals surface area contributed by atoms with Gasteiger partial charge in [-0.3, -0.25) is 9.69 Å². The highest BCUT2D eigenvalue weighted by Crippen LogP contribution is 2.27. The van der Waals surface area contributed by atoms with Gasteiger partial charge in [0.15, 0.2) is 0 Å². The van der Waals surface area contributed by atoms with Crippen molar-refractivity contribution in [2.45, 2.75) is 44.9 Å². The van der Waals surface area contributed by atoms with Crippen LogP contribution in [0.2, 0.25) is 0 Å². The largest absolute Gasteiger partial charge is 0.393 e. The number of hydrogen-bond donors (Lipinski definition) is 3. The lowest BCUT2D eigenvalue weighted by atomic mass is 10.0. The lowest BCUT2D eigenvalue weighted by Crippen LogP contribution is -2.36. The fourth-order valence-electron chi connectivity index (χ4n) is 3.17. The van der Waals surface area contributed by atoms with Crippen molar-refractivity contribution in [1.29, 1.82) is 0 Å². The summed E-state index contributed by atoms with van der Waals surface area (Å²) in [6, 6.07) is 8.30. The molecular formula is C19H29N3O2. The van der Waals surface area contributed by atoms with E-state index in [1.807, 2.05) is 6.07 Å². The average molecular weight is 331 g/mol. The van der Waals surface area contributed by atoms with Gasteiger partial charge in [0.05, 0.1) is 12.6 Å². The predicted molar refractivity (Wildman–Crippen MR) is 94.4 cm³/mol. The summed E-state index contributed by atoms with van der Waals surface area (Å²) in [6.45, 7) is 4.71. The highest BCUT2D eigenvalue weighted by atomic mass is 16.3. The van der Waals surface area contributed by atoms with Gasteiger partial charge < -0.3 is 15.7 Å². The first-order valence-electron chi connectivity index (χ1n) is 9.15. The maximum absolute atomic E-state index is 11.9. The molecule has 24 heavy (non-hydrogen) atoms. The van der Waals surface area contributed by atoms with E-state index in [9.17, 15) is 9.90 Å². The Morgan fingerprint density at radius 3 is 2.54 bits per heavy atom. The molecular weight excluding hydrogens is 302 g/mol. The number of carbonyl (C=O) groups excluding carboxylic acids is 1. The maximum Gasteiger partial charge on any atom is 0.234 e. The van der Waals surface area contributed by atoms with Crippen molar-refractivity contribution >= 4 is 5.91 Å². The van der Waals surface area contributed by atoms with Crippen LogP contribution in [0.4, 0.5) is 0 Å². The smallest absolute Gasteiger partial charge is 0.234 e. The fourth-order valence-corrected chi connectivity index (χ4v) is 3.17. The van der Waals surface area contributed by atoms with Gasteiger partial charge in [-0.1, -0.05) is 24.3 Å². The van der Waals surface area contributed by atoms with E-state index in [4.69, 9.17) is 0 Å². The highest BCUT2D eigenvalue weighted by molar-refractivity contribution is 5.78. The second kappa shape index (κ2) is 8.60. The number of nitrogens with one attached hydrogen (secondary N) is 2. The number of aliphatic hydroxyl groups is 1. The van der Waals surface area contributed by atoms with Crippen LogP contribution in [0.1, 0.15) is 36.8 Å². The summed E-state index contributed by atoms with van der Waals surface area (Å²) in [7, 11) is 0. The van der Waals surface area contributed by atoms with Crippen molar-refractivity contribution in [3.8, 4) is 0 Å². The number of piperidine rings is 1. The molecule has 0 unspecified atom stereocenters. The normalized spacial score (nSPS) is 19.4. The van der Waals surface area contributed by atoms with Gasteiger partial charge in [0, 0.05) is 26.2 Å². The summed E-state index contributed by atoms with van der Waals surface area (Å²) in [5.41, 5.74) is 2.44. The van der Waals surface area contributed by atoms with Crippen LogP contribution in [0, 0.1) is 5.92 Å². The summed E-state index contributed by atoms with van der Waals surface area (Å²) in [5, 5.41) is 15.9. The van der Waals surface area contributed by atoms with E-state index in [1.54, 1.807) is 0 Å². The Labute approximate surface area is 144 Å². The van der Waals surface area contributed by atoms with Crippen LogP contribution in [0.5, 0.6) is 0 Å². The number of benzene rings is 1. The summed E-state index contributed by atoms with van der Waals surface area (Å²) in [4.78, 5) is 14.3. The molecule has 0 atom stereocenters. The van der Waals surface area contributed by atoms with Gasteiger partial charge in [0.1, 0.15) is 0 Å². The third-order valence-electron chi connectivity index (χ3n) is 4.96. The van der Waals surface area contributed by atoms with Crippen LogP contribution < -0.4 is 10.6 Å². The van der Waals surface area contributed by atoms with Gasteiger partial charge in [-0.25, -0.2) is 0 Å². The SMILES string of the molecule is O=C(CNCC1CC1)NCc1ccccc1CN1CCC(O)CC1. The molecule has 0 aromatic heterocycles. The molecule has 2 aliphatic rings. The van der Waals surface area contributed by atoms with E-state index in [0.29, 0.717) is 13.1 Å². The molecule has 2 fully saturated rings. The Bertz CT molecular complexity index is 537. The maximum atomic E-state index is 11.9. The zero-order chi connectivity index (χ0) is 16.8. The van der Waals surface area contributed by atoms with Crippen LogP contribution in [0.15, 0.2) is 24.3 Å². The van der Waals surface area contributed by atoms with Crippen molar-refractivity contribution in [3.05, 3.63) is 35.4 Å². The van der Waals surface area contributed by atoms with E-state index in [1.165, 1.54) is 24.0 Å². The third-order valence-corrected chi connectivity index (χ3v) is 4.96. The summed E-state index contributed by atoms with van der Waals surface area (Å²) in [6.07, 6.45) is 4.17. The molecule has 0 spiro atoms. The van der Waals surface area contributed by atoms with Crippen molar-refractivity contribution in [1.82, 2.24) is 15.5 Å². The zero-order valence-corrected chi connectivity index (χ0v) is 14.3. The van der Waals surface area contributed by atoms with Gasteiger partial charge in [-0.05, 0) is 49.3 Å². The van der Waals surface area contributed by atoms with Crippen LogP contribution in [0.3, 0.4) is 0 Å². The van der Waals surface area contributed by atoms with Gasteiger partial charge in [0.2, 0.25) is 5.91 Å². The summed E-state index contributed by atoms with van der Waals surface area (Å²) >= 11 is 0. The van der Waals surface area contributed by atoms with E-state index >= 15 is 0 Å². The molecule has 1 saturated carbocycles. The Morgan fingerprint density at radius 1 is 1.12 bits per heavy atom. The number of carbonyl (C=O) groups is 1. The number of amides is 1. The van der Waals surface area contributed by atoms with Gasteiger partial charge in [-0.15, -0.1) is 0 Å². The van der Waals surface area contributed by atoms with Crippen LogP contribution >= 0.6 is 0 Å². The molecule has 1 aromatic rings. The number of hydrogen-bond acceptors (Lipinski definition) is 4. The Kier molecular flexibility index (Phi) is 6.24. The minimum absolute atomic E-state index is 0.0616. The molecule has 1 aromatic carbocycles. The van der Waals surface area contributed by atoms with E-state index in [2.05, 4.69) is 33.7 Å². The molecule has 5 heteroatoms. The van der Waals surface area contributed by atoms with E-state index in [0.717, 1.165) is 44.9 Å². The van der Waals surface area contributed by atoms with Crippen LogP contribution in [-0.2, 0) is 17.9 Å². The zero-order valence-electron chi connectivity index (χ0n) is 14.3. The second-order valence-electron chi connectivity index (χ2n) is 7.13.